The van der Waals surface area contributed by atoms with Crippen molar-refractivity contribution >= 4 is 11.5 Å². The van der Waals surface area contributed by atoms with Gasteiger partial charge in [-0.05, 0) is 37.9 Å². The molecule has 1 aliphatic rings. The van der Waals surface area contributed by atoms with Gasteiger partial charge in [-0.3, -0.25) is 9.38 Å². The molecule has 7 heteroatoms. The van der Waals surface area contributed by atoms with E-state index in [-0.39, 0.29) is 0 Å². The molecule has 0 bridgehead atoms. The number of nitrogens with zero attached hydrogens (tertiary/aromatic N) is 4. The summed E-state index contributed by atoms with van der Waals surface area (Å²) < 4.78 is 1.95. The van der Waals surface area contributed by atoms with Crippen LogP contribution in [0.15, 0.2) is 36.9 Å². The van der Waals surface area contributed by atoms with Crippen LogP contribution < -0.4 is 10.6 Å². The molecule has 3 aromatic heterocycles. The number of aliphatic hydroxyl groups is 1. The Labute approximate surface area is 152 Å². The lowest BCUT2D eigenvalue weighted by Gasteiger charge is -2.18. The second-order valence-electron chi connectivity index (χ2n) is 7.52. The maximum atomic E-state index is 10.3. The SMILES string of the molecule is C[C@H]1CNC[C@@H]1Nc1cncc(-c2cnc3ccc(C(C)(C)O)cn23)n1. The molecule has 3 aromatic rings. The van der Waals surface area contributed by atoms with Crippen LogP contribution in [0.2, 0.25) is 0 Å². The normalized spacial score (nSPS) is 20.6. The summed E-state index contributed by atoms with van der Waals surface area (Å²) in [6.07, 6.45) is 7.18. The molecule has 0 aliphatic carbocycles. The van der Waals surface area contributed by atoms with Crippen molar-refractivity contribution < 1.29 is 5.11 Å². The highest BCUT2D eigenvalue weighted by molar-refractivity contribution is 5.61. The first-order chi connectivity index (χ1) is 12.4. The minimum atomic E-state index is -0.920. The van der Waals surface area contributed by atoms with Gasteiger partial charge >= 0.3 is 0 Å². The summed E-state index contributed by atoms with van der Waals surface area (Å²) in [4.78, 5) is 13.5. The predicted octanol–water partition coefficient (Wildman–Crippen LogP) is 2.04. The molecule has 1 fully saturated rings. The van der Waals surface area contributed by atoms with Crippen molar-refractivity contribution in [2.24, 2.45) is 5.92 Å². The number of imidazole rings is 1. The third kappa shape index (κ3) is 3.15. The van der Waals surface area contributed by atoms with Crippen molar-refractivity contribution in [2.45, 2.75) is 32.4 Å². The summed E-state index contributed by atoms with van der Waals surface area (Å²) >= 11 is 0. The van der Waals surface area contributed by atoms with E-state index in [1.54, 1.807) is 32.4 Å². The fourth-order valence-electron chi connectivity index (χ4n) is 3.28. The summed E-state index contributed by atoms with van der Waals surface area (Å²) in [7, 11) is 0. The molecular weight excluding hydrogens is 328 g/mol. The first kappa shape index (κ1) is 16.9. The lowest BCUT2D eigenvalue weighted by atomic mass is 10.0. The van der Waals surface area contributed by atoms with Crippen LogP contribution in [0.3, 0.4) is 0 Å². The Balaban J connectivity index is 1.70. The molecule has 1 aliphatic heterocycles. The van der Waals surface area contributed by atoms with Crippen LogP contribution >= 0.6 is 0 Å². The van der Waals surface area contributed by atoms with Crippen molar-refractivity contribution in [1.82, 2.24) is 24.7 Å². The van der Waals surface area contributed by atoms with Gasteiger partial charge in [0.2, 0.25) is 0 Å². The van der Waals surface area contributed by atoms with E-state index in [0.717, 1.165) is 41.5 Å². The second-order valence-corrected chi connectivity index (χ2v) is 7.52. The van der Waals surface area contributed by atoms with E-state index in [4.69, 9.17) is 4.98 Å². The highest BCUT2D eigenvalue weighted by Crippen LogP contribution is 2.25. The summed E-state index contributed by atoms with van der Waals surface area (Å²) in [6, 6.07) is 4.14. The fraction of sp³-hybridized carbons (Fsp3) is 0.421. The van der Waals surface area contributed by atoms with Crippen LogP contribution in [0.1, 0.15) is 26.3 Å². The number of anilines is 1. The van der Waals surface area contributed by atoms with E-state index >= 15 is 0 Å². The standard InChI is InChI=1S/C19H24N6O/c1-12-6-20-7-14(12)23-17-10-21-8-15(24-17)16-9-22-18-5-4-13(11-25(16)18)19(2,3)26/h4-5,8-12,14,20,26H,6-7H2,1-3H3,(H,23,24)/t12-,14-/m0/s1. The molecule has 0 radical (unpaired) electrons. The van der Waals surface area contributed by atoms with Crippen LogP contribution in [0.5, 0.6) is 0 Å². The minimum Gasteiger partial charge on any atom is -0.386 e. The molecule has 3 N–H and O–H groups in total. The summed E-state index contributed by atoms with van der Waals surface area (Å²) in [5, 5.41) is 17.1. The molecule has 0 saturated carbocycles. The Morgan fingerprint density at radius 1 is 1.23 bits per heavy atom. The lowest BCUT2D eigenvalue weighted by Crippen LogP contribution is -2.27. The van der Waals surface area contributed by atoms with Crippen LogP contribution in [0.25, 0.3) is 17.0 Å². The predicted molar refractivity (Wildman–Crippen MR) is 101 cm³/mol. The molecule has 0 unspecified atom stereocenters. The molecule has 136 valence electrons. The van der Waals surface area contributed by atoms with Gasteiger partial charge in [0.1, 0.15) is 17.2 Å². The van der Waals surface area contributed by atoms with Gasteiger partial charge in [0, 0.05) is 18.8 Å². The zero-order chi connectivity index (χ0) is 18.3. The van der Waals surface area contributed by atoms with Gasteiger partial charge in [0.05, 0.1) is 29.9 Å². The highest BCUT2D eigenvalue weighted by atomic mass is 16.3. The van der Waals surface area contributed by atoms with Crippen molar-refractivity contribution in [3.05, 3.63) is 42.5 Å². The Bertz CT molecular complexity index is 929. The molecule has 7 nitrogen and oxygen atoms in total. The Hall–Kier alpha value is -2.51. The van der Waals surface area contributed by atoms with Crippen molar-refractivity contribution in [3.63, 3.8) is 0 Å². The van der Waals surface area contributed by atoms with Gasteiger partial charge in [0.15, 0.2) is 0 Å². The Morgan fingerprint density at radius 2 is 2.08 bits per heavy atom. The fourth-order valence-corrected chi connectivity index (χ4v) is 3.28. The van der Waals surface area contributed by atoms with Gasteiger partial charge in [0.25, 0.3) is 0 Å². The number of hydrogen-bond acceptors (Lipinski definition) is 6. The maximum absolute atomic E-state index is 10.3. The largest absolute Gasteiger partial charge is 0.386 e. The van der Waals surface area contributed by atoms with Crippen molar-refractivity contribution in [3.8, 4) is 11.4 Å². The van der Waals surface area contributed by atoms with Gasteiger partial charge in [-0.2, -0.15) is 0 Å². The van der Waals surface area contributed by atoms with Crippen molar-refractivity contribution in [2.75, 3.05) is 18.4 Å². The van der Waals surface area contributed by atoms with Crippen LogP contribution in [0, 0.1) is 5.92 Å². The molecule has 2 atom stereocenters. The zero-order valence-electron chi connectivity index (χ0n) is 15.3. The minimum absolute atomic E-state index is 0.350. The Kier molecular flexibility index (Phi) is 4.13. The van der Waals surface area contributed by atoms with Crippen LogP contribution in [0.4, 0.5) is 5.82 Å². The van der Waals surface area contributed by atoms with Gasteiger partial charge in [-0.1, -0.05) is 13.0 Å². The molecule has 0 spiro atoms. The highest BCUT2D eigenvalue weighted by Gasteiger charge is 2.23. The second kappa shape index (κ2) is 6.34. The number of rotatable bonds is 4. The number of fused-ring (bicyclic) bond motifs is 1. The van der Waals surface area contributed by atoms with Gasteiger partial charge < -0.3 is 15.7 Å². The average Bonchev–Trinajstić information content (AvgIpc) is 3.20. The lowest BCUT2D eigenvalue weighted by molar-refractivity contribution is 0.0782. The summed E-state index contributed by atoms with van der Waals surface area (Å²) in [6.45, 7) is 7.70. The van der Waals surface area contributed by atoms with E-state index in [2.05, 4.69) is 27.5 Å². The van der Waals surface area contributed by atoms with E-state index in [1.807, 2.05) is 22.7 Å². The number of nitrogens with one attached hydrogen (secondary N) is 2. The van der Waals surface area contributed by atoms with Gasteiger partial charge in [-0.25, -0.2) is 9.97 Å². The monoisotopic (exact) mass is 352 g/mol. The molecule has 4 heterocycles. The molecule has 4 rings (SSSR count). The van der Waals surface area contributed by atoms with Crippen LogP contribution in [-0.2, 0) is 5.60 Å². The average molecular weight is 352 g/mol. The number of aromatic nitrogens is 4. The summed E-state index contributed by atoms with van der Waals surface area (Å²) in [5.74, 6) is 1.31. The maximum Gasteiger partial charge on any atom is 0.145 e. The van der Waals surface area contributed by atoms with E-state index in [9.17, 15) is 5.11 Å². The zero-order valence-corrected chi connectivity index (χ0v) is 15.3. The topological polar surface area (TPSA) is 87.4 Å². The third-order valence-electron chi connectivity index (χ3n) is 4.96. The Morgan fingerprint density at radius 3 is 2.81 bits per heavy atom. The first-order valence-electron chi connectivity index (χ1n) is 8.91. The summed E-state index contributed by atoms with van der Waals surface area (Å²) in [5.41, 5.74) is 2.30. The molecular formula is C19H24N6O. The number of hydrogen-bond donors (Lipinski definition) is 3. The molecule has 0 amide bonds. The third-order valence-corrected chi connectivity index (χ3v) is 4.96. The first-order valence-corrected chi connectivity index (χ1v) is 8.91. The van der Waals surface area contributed by atoms with E-state index in [1.165, 1.54) is 0 Å². The molecule has 26 heavy (non-hydrogen) atoms. The van der Waals surface area contributed by atoms with E-state index in [0.29, 0.717) is 12.0 Å². The smallest absolute Gasteiger partial charge is 0.145 e. The van der Waals surface area contributed by atoms with Gasteiger partial charge in [-0.15, -0.1) is 0 Å². The van der Waals surface area contributed by atoms with Crippen LogP contribution in [-0.4, -0.2) is 43.6 Å². The number of pyridine rings is 1. The molecule has 1 saturated heterocycles. The molecule has 0 aromatic carbocycles. The van der Waals surface area contributed by atoms with Crippen molar-refractivity contribution in [1.29, 1.82) is 0 Å². The quantitative estimate of drug-likeness (QED) is 0.666. The van der Waals surface area contributed by atoms with E-state index < -0.39 is 5.60 Å².